The molecule has 2 aromatic carbocycles. The molecule has 0 aliphatic carbocycles. The highest BCUT2D eigenvalue weighted by atomic mass is 16.5. The first-order valence-electron chi connectivity index (χ1n) is 10.0. The minimum atomic E-state index is -0.496. The van der Waals surface area contributed by atoms with Gasteiger partial charge in [0.05, 0.1) is 18.8 Å². The average Bonchev–Trinajstić information content (AvgIpc) is 2.76. The second-order valence-corrected chi connectivity index (χ2v) is 6.61. The summed E-state index contributed by atoms with van der Waals surface area (Å²) in [6, 6.07) is 12.9. The van der Waals surface area contributed by atoms with Gasteiger partial charge in [0.15, 0.2) is 0 Å². The summed E-state index contributed by atoms with van der Waals surface area (Å²) in [5.41, 5.74) is 0.394. The molecule has 0 N–H and O–H groups in total. The van der Waals surface area contributed by atoms with Gasteiger partial charge in [-0.2, -0.15) is 0 Å². The van der Waals surface area contributed by atoms with E-state index in [4.69, 9.17) is 18.9 Å². The van der Waals surface area contributed by atoms with Gasteiger partial charge in [-0.25, -0.2) is 9.59 Å². The summed E-state index contributed by atoms with van der Waals surface area (Å²) in [5.74, 6) is 0.0861. The van der Waals surface area contributed by atoms with Gasteiger partial charge < -0.3 is 18.9 Å². The number of hydrogen-bond donors (Lipinski definition) is 0. The lowest BCUT2D eigenvalue weighted by molar-refractivity contribution is -0.138. The molecule has 0 spiro atoms. The Balaban J connectivity index is 1.67. The van der Waals surface area contributed by atoms with Crippen molar-refractivity contribution >= 4 is 17.9 Å². The number of benzene rings is 2. The zero-order valence-corrected chi connectivity index (χ0v) is 17.5. The third-order valence-electron chi connectivity index (χ3n) is 4.10. The van der Waals surface area contributed by atoms with Crippen LogP contribution in [-0.4, -0.2) is 31.1 Å². The summed E-state index contributed by atoms with van der Waals surface area (Å²) in [6.07, 6.45) is 4.75. The molecule has 7 nitrogen and oxygen atoms in total. The van der Waals surface area contributed by atoms with Crippen LogP contribution >= 0.6 is 0 Å². The molecule has 31 heavy (non-hydrogen) atoms. The maximum atomic E-state index is 12.2. The standard InChI is InChI=1S/C24H26O7/c1-3-23(26)29-17-7-5-4-6-16-28-20-10-8-19(9-11-20)24(27)31-22-14-12-21(13-15-22)30-18(2)25/h3,8-15H,1,4-7,16-17H2,2H3. The van der Waals surface area contributed by atoms with Crippen molar-refractivity contribution in [1.29, 1.82) is 0 Å². The van der Waals surface area contributed by atoms with E-state index >= 15 is 0 Å². The molecule has 0 saturated carbocycles. The van der Waals surface area contributed by atoms with Crippen molar-refractivity contribution in [3.8, 4) is 17.2 Å². The van der Waals surface area contributed by atoms with Gasteiger partial charge in [0.2, 0.25) is 0 Å². The molecule has 0 unspecified atom stereocenters. The molecular formula is C24H26O7. The topological polar surface area (TPSA) is 88.1 Å². The molecule has 0 aliphatic rings. The fourth-order valence-electron chi connectivity index (χ4n) is 2.57. The number of unbranched alkanes of at least 4 members (excludes halogenated alkanes) is 3. The maximum Gasteiger partial charge on any atom is 0.343 e. The zero-order chi connectivity index (χ0) is 22.5. The molecule has 0 heterocycles. The lowest BCUT2D eigenvalue weighted by Crippen LogP contribution is -2.08. The monoisotopic (exact) mass is 426 g/mol. The molecule has 0 bridgehead atoms. The molecular weight excluding hydrogens is 400 g/mol. The summed E-state index contributed by atoms with van der Waals surface area (Å²) in [5, 5.41) is 0. The summed E-state index contributed by atoms with van der Waals surface area (Å²) >= 11 is 0. The van der Waals surface area contributed by atoms with Gasteiger partial charge in [0.25, 0.3) is 0 Å². The number of carbonyl (C=O) groups is 3. The average molecular weight is 426 g/mol. The highest BCUT2D eigenvalue weighted by molar-refractivity contribution is 5.91. The Morgan fingerprint density at radius 1 is 0.774 bits per heavy atom. The van der Waals surface area contributed by atoms with Gasteiger partial charge >= 0.3 is 17.9 Å². The molecule has 0 aliphatic heterocycles. The first-order valence-corrected chi connectivity index (χ1v) is 10.0. The van der Waals surface area contributed by atoms with E-state index in [2.05, 4.69) is 6.58 Å². The summed E-state index contributed by atoms with van der Waals surface area (Å²) in [4.78, 5) is 34.1. The Labute approximate surface area is 181 Å². The van der Waals surface area contributed by atoms with E-state index in [0.29, 0.717) is 36.0 Å². The van der Waals surface area contributed by atoms with Crippen LogP contribution in [0.15, 0.2) is 61.2 Å². The maximum absolute atomic E-state index is 12.2. The minimum absolute atomic E-state index is 0.348. The first kappa shape index (κ1) is 23.7. The van der Waals surface area contributed by atoms with Crippen LogP contribution in [0.2, 0.25) is 0 Å². The molecule has 2 aromatic rings. The van der Waals surface area contributed by atoms with Crippen molar-refractivity contribution in [2.75, 3.05) is 13.2 Å². The molecule has 0 aromatic heterocycles. The van der Waals surface area contributed by atoms with Crippen LogP contribution in [0, 0.1) is 0 Å². The lowest BCUT2D eigenvalue weighted by atomic mass is 10.2. The van der Waals surface area contributed by atoms with Crippen molar-refractivity contribution in [3.05, 3.63) is 66.7 Å². The van der Waals surface area contributed by atoms with Crippen molar-refractivity contribution in [2.24, 2.45) is 0 Å². The molecule has 0 amide bonds. The van der Waals surface area contributed by atoms with Crippen LogP contribution in [0.1, 0.15) is 43.0 Å². The quantitative estimate of drug-likeness (QED) is 0.214. The molecule has 0 radical (unpaired) electrons. The highest BCUT2D eigenvalue weighted by Gasteiger charge is 2.09. The zero-order valence-electron chi connectivity index (χ0n) is 17.5. The van der Waals surface area contributed by atoms with Crippen LogP contribution in [0.4, 0.5) is 0 Å². The van der Waals surface area contributed by atoms with E-state index in [1.54, 1.807) is 48.5 Å². The van der Waals surface area contributed by atoms with Gasteiger partial charge in [-0.15, -0.1) is 0 Å². The van der Waals surface area contributed by atoms with Gasteiger partial charge in [-0.05, 0) is 74.2 Å². The van der Waals surface area contributed by atoms with E-state index in [9.17, 15) is 14.4 Å². The van der Waals surface area contributed by atoms with Crippen LogP contribution < -0.4 is 14.2 Å². The molecule has 164 valence electrons. The molecule has 7 heteroatoms. The Bertz CT molecular complexity index is 870. The SMILES string of the molecule is C=CC(=O)OCCCCCCOc1ccc(C(=O)Oc2ccc(OC(C)=O)cc2)cc1. The van der Waals surface area contributed by atoms with E-state index in [0.717, 1.165) is 31.8 Å². The summed E-state index contributed by atoms with van der Waals surface area (Å²) in [6.45, 7) is 5.62. The van der Waals surface area contributed by atoms with Crippen LogP contribution in [0.3, 0.4) is 0 Å². The van der Waals surface area contributed by atoms with Gasteiger partial charge in [0, 0.05) is 13.0 Å². The number of hydrogen-bond acceptors (Lipinski definition) is 7. The van der Waals surface area contributed by atoms with E-state index in [1.165, 1.54) is 6.92 Å². The van der Waals surface area contributed by atoms with Crippen molar-refractivity contribution in [2.45, 2.75) is 32.6 Å². The number of ether oxygens (including phenoxy) is 4. The van der Waals surface area contributed by atoms with Gasteiger partial charge in [0.1, 0.15) is 17.2 Å². The minimum Gasteiger partial charge on any atom is -0.494 e. The molecule has 0 atom stereocenters. The number of carbonyl (C=O) groups excluding carboxylic acids is 3. The van der Waals surface area contributed by atoms with Crippen molar-refractivity contribution in [3.63, 3.8) is 0 Å². The van der Waals surface area contributed by atoms with Gasteiger partial charge in [-0.1, -0.05) is 6.58 Å². The summed E-state index contributed by atoms with van der Waals surface area (Å²) in [7, 11) is 0. The normalized spacial score (nSPS) is 10.1. The highest BCUT2D eigenvalue weighted by Crippen LogP contribution is 2.20. The fourth-order valence-corrected chi connectivity index (χ4v) is 2.57. The molecule has 0 fully saturated rings. The second kappa shape index (κ2) is 12.8. The Morgan fingerprint density at radius 3 is 1.90 bits per heavy atom. The van der Waals surface area contributed by atoms with Gasteiger partial charge in [-0.3, -0.25) is 4.79 Å². The second-order valence-electron chi connectivity index (χ2n) is 6.61. The number of esters is 3. The van der Waals surface area contributed by atoms with E-state index in [-0.39, 0.29) is 0 Å². The van der Waals surface area contributed by atoms with Crippen LogP contribution in [-0.2, 0) is 14.3 Å². The third-order valence-corrected chi connectivity index (χ3v) is 4.10. The van der Waals surface area contributed by atoms with Crippen LogP contribution in [0.25, 0.3) is 0 Å². The van der Waals surface area contributed by atoms with Crippen molar-refractivity contribution in [1.82, 2.24) is 0 Å². The predicted octanol–water partition coefficient (Wildman–Crippen LogP) is 4.50. The van der Waals surface area contributed by atoms with E-state index < -0.39 is 17.9 Å². The Hall–Kier alpha value is -3.61. The molecule has 2 rings (SSSR count). The Morgan fingerprint density at radius 2 is 1.32 bits per heavy atom. The lowest BCUT2D eigenvalue weighted by Gasteiger charge is -2.08. The van der Waals surface area contributed by atoms with E-state index in [1.807, 2.05) is 0 Å². The van der Waals surface area contributed by atoms with Crippen LogP contribution in [0.5, 0.6) is 17.2 Å². The largest absolute Gasteiger partial charge is 0.494 e. The smallest absolute Gasteiger partial charge is 0.343 e. The fraction of sp³-hybridized carbons (Fsp3) is 0.292. The van der Waals surface area contributed by atoms with Crippen molar-refractivity contribution < 1.29 is 33.3 Å². The number of rotatable bonds is 12. The molecule has 0 saturated heterocycles. The predicted molar refractivity (Wildman–Crippen MR) is 114 cm³/mol. The Kier molecular flexibility index (Phi) is 9.81. The summed E-state index contributed by atoms with van der Waals surface area (Å²) < 4.78 is 20.8. The first-order chi connectivity index (χ1) is 15.0. The third kappa shape index (κ3) is 9.16.